The van der Waals surface area contributed by atoms with Crippen LogP contribution in [0.15, 0.2) is 0 Å². The summed E-state index contributed by atoms with van der Waals surface area (Å²) >= 11 is 0. The highest BCUT2D eigenvalue weighted by molar-refractivity contribution is 5.79. The number of aliphatic carboxylic acids is 1. The van der Waals surface area contributed by atoms with E-state index in [1.54, 1.807) is 0 Å². The number of carbonyl (C=O) groups is 2. The monoisotopic (exact) mass is 253 g/mol. The number of hydrogen-bond donors (Lipinski definition) is 1. The molecular weight excluding hydrogens is 234 g/mol. The highest BCUT2D eigenvalue weighted by atomic mass is 16.5. The summed E-state index contributed by atoms with van der Waals surface area (Å²) in [5.41, 5.74) is 0. The van der Waals surface area contributed by atoms with Crippen LogP contribution >= 0.6 is 0 Å². The second kappa shape index (κ2) is 4.53. The van der Waals surface area contributed by atoms with E-state index in [1.165, 1.54) is 0 Å². The maximum atomic E-state index is 12.1. The van der Waals surface area contributed by atoms with Crippen LogP contribution in [-0.4, -0.2) is 48.2 Å². The average molecular weight is 253 g/mol. The molecule has 1 saturated carbocycles. The van der Waals surface area contributed by atoms with Crippen molar-refractivity contribution in [3.05, 3.63) is 0 Å². The van der Waals surface area contributed by atoms with Gasteiger partial charge in [-0.15, -0.1) is 0 Å². The second-order valence-corrected chi connectivity index (χ2v) is 5.78. The molecule has 1 N–H and O–H groups in total. The van der Waals surface area contributed by atoms with Crippen molar-refractivity contribution < 1.29 is 19.4 Å². The molecule has 5 nitrogen and oxygen atoms in total. The minimum absolute atomic E-state index is 0.182. The Morgan fingerprint density at radius 3 is 2.56 bits per heavy atom. The van der Waals surface area contributed by atoms with Gasteiger partial charge in [-0.1, -0.05) is 0 Å². The van der Waals surface area contributed by atoms with Gasteiger partial charge in [-0.25, -0.2) is 0 Å². The maximum absolute atomic E-state index is 12.1. The first-order valence-corrected chi connectivity index (χ1v) is 6.75. The zero-order valence-corrected chi connectivity index (χ0v) is 10.4. The summed E-state index contributed by atoms with van der Waals surface area (Å²) < 4.78 is 5.38. The minimum atomic E-state index is -0.697. The van der Waals surface area contributed by atoms with Crippen LogP contribution in [-0.2, 0) is 14.3 Å². The molecule has 3 rings (SSSR count). The predicted molar refractivity (Wildman–Crippen MR) is 62.8 cm³/mol. The minimum Gasteiger partial charge on any atom is -0.481 e. The summed E-state index contributed by atoms with van der Waals surface area (Å²) in [6.45, 7) is 2.81. The third-order valence-corrected chi connectivity index (χ3v) is 4.55. The molecule has 0 radical (unpaired) electrons. The molecule has 3 aliphatic rings. The Morgan fingerprint density at radius 1 is 1.28 bits per heavy atom. The summed E-state index contributed by atoms with van der Waals surface area (Å²) in [5.74, 6) is 0.0910. The highest BCUT2D eigenvalue weighted by Crippen LogP contribution is 2.51. The number of hydrogen-bond acceptors (Lipinski definition) is 3. The molecule has 0 aromatic rings. The number of carboxylic acid groups (broad SMARTS) is 1. The molecule has 18 heavy (non-hydrogen) atoms. The van der Waals surface area contributed by atoms with Crippen molar-refractivity contribution in [1.29, 1.82) is 0 Å². The van der Waals surface area contributed by atoms with Crippen molar-refractivity contribution in [3.8, 4) is 0 Å². The first-order chi connectivity index (χ1) is 8.66. The van der Waals surface area contributed by atoms with E-state index in [1.807, 2.05) is 4.90 Å². The standard InChI is InChI=1S/C13H19NO4/c15-11(4-8-2-1-3-18-7-8)14-5-9-10(6-14)12(9)13(16)17/h8-10,12H,1-7H2,(H,16,17)/t8?,9-,10+,12?. The zero-order chi connectivity index (χ0) is 12.7. The molecule has 2 saturated heterocycles. The summed E-state index contributed by atoms with van der Waals surface area (Å²) in [7, 11) is 0. The van der Waals surface area contributed by atoms with E-state index in [0.717, 1.165) is 19.4 Å². The van der Waals surface area contributed by atoms with Crippen molar-refractivity contribution in [2.75, 3.05) is 26.3 Å². The van der Waals surface area contributed by atoms with Gasteiger partial charge < -0.3 is 14.7 Å². The first kappa shape index (κ1) is 12.0. The molecule has 2 unspecified atom stereocenters. The van der Waals surface area contributed by atoms with Crippen molar-refractivity contribution in [3.63, 3.8) is 0 Å². The molecule has 0 aromatic carbocycles. The van der Waals surface area contributed by atoms with E-state index < -0.39 is 5.97 Å². The van der Waals surface area contributed by atoms with E-state index in [-0.39, 0.29) is 23.7 Å². The van der Waals surface area contributed by atoms with Crippen molar-refractivity contribution in [2.45, 2.75) is 19.3 Å². The Hall–Kier alpha value is -1.10. The van der Waals surface area contributed by atoms with Crippen molar-refractivity contribution >= 4 is 11.9 Å². The summed E-state index contributed by atoms with van der Waals surface area (Å²) in [6, 6.07) is 0. The third-order valence-electron chi connectivity index (χ3n) is 4.55. The fourth-order valence-electron chi connectivity index (χ4n) is 3.44. The molecular formula is C13H19NO4. The topological polar surface area (TPSA) is 66.8 Å². The zero-order valence-electron chi connectivity index (χ0n) is 10.4. The van der Waals surface area contributed by atoms with Crippen LogP contribution in [0, 0.1) is 23.7 Å². The Labute approximate surface area is 106 Å². The maximum Gasteiger partial charge on any atom is 0.307 e. The van der Waals surface area contributed by atoms with E-state index >= 15 is 0 Å². The number of rotatable bonds is 3. The lowest BCUT2D eigenvalue weighted by atomic mass is 9.98. The lowest BCUT2D eigenvalue weighted by molar-refractivity contribution is -0.141. The van der Waals surface area contributed by atoms with Crippen LogP contribution in [0.5, 0.6) is 0 Å². The number of ether oxygens (including phenoxy) is 1. The second-order valence-electron chi connectivity index (χ2n) is 5.78. The van der Waals surface area contributed by atoms with E-state index in [9.17, 15) is 9.59 Å². The Balaban J connectivity index is 1.46. The van der Waals surface area contributed by atoms with E-state index in [2.05, 4.69) is 0 Å². The van der Waals surface area contributed by atoms with E-state index in [0.29, 0.717) is 32.0 Å². The quantitative estimate of drug-likeness (QED) is 0.799. The van der Waals surface area contributed by atoms with Crippen LogP contribution in [0.25, 0.3) is 0 Å². The average Bonchev–Trinajstić information content (AvgIpc) is 2.87. The first-order valence-electron chi connectivity index (χ1n) is 6.75. The number of piperidine rings is 1. The van der Waals surface area contributed by atoms with Crippen molar-refractivity contribution in [2.24, 2.45) is 23.7 Å². The Morgan fingerprint density at radius 2 is 2.00 bits per heavy atom. The molecule has 0 bridgehead atoms. The fraction of sp³-hybridized carbons (Fsp3) is 0.846. The molecule has 5 heteroatoms. The number of carboxylic acids is 1. The van der Waals surface area contributed by atoms with Gasteiger partial charge in [0.1, 0.15) is 0 Å². The van der Waals surface area contributed by atoms with Gasteiger partial charge in [0.25, 0.3) is 0 Å². The number of nitrogens with zero attached hydrogens (tertiary/aromatic N) is 1. The molecule has 3 fully saturated rings. The molecule has 4 atom stereocenters. The van der Waals surface area contributed by atoms with Gasteiger partial charge in [0.05, 0.1) is 5.92 Å². The predicted octanol–water partition coefficient (Wildman–Crippen LogP) is 0.592. The van der Waals surface area contributed by atoms with Gasteiger partial charge in [0.2, 0.25) is 5.91 Å². The molecule has 1 aliphatic carbocycles. The van der Waals surface area contributed by atoms with Gasteiger partial charge in [-0.2, -0.15) is 0 Å². The lowest BCUT2D eigenvalue weighted by Crippen LogP contribution is -2.35. The Bertz CT molecular complexity index is 352. The van der Waals surface area contributed by atoms with Crippen LogP contribution in [0.2, 0.25) is 0 Å². The third kappa shape index (κ3) is 2.11. The van der Waals surface area contributed by atoms with Crippen LogP contribution in [0.3, 0.4) is 0 Å². The number of fused-ring (bicyclic) bond motifs is 1. The molecule has 0 aromatic heterocycles. The fourth-order valence-corrected chi connectivity index (χ4v) is 3.44. The largest absolute Gasteiger partial charge is 0.481 e. The molecule has 2 aliphatic heterocycles. The highest BCUT2D eigenvalue weighted by Gasteiger charge is 2.60. The number of likely N-dealkylation sites (tertiary alicyclic amines) is 1. The summed E-state index contributed by atoms with van der Waals surface area (Å²) in [5, 5.41) is 8.93. The van der Waals surface area contributed by atoms with Crippen molar-refractivity contribution in [1.82, 2.24) is 4.90 Å². The molecule has 2 heterocycles. The Kier molecular flexibility index (Phi) is 3.01. The van der Waals surface area contributed by atoms with Gasteiger partial charge in [-0.3, -0.25) is 9.59 Å². The van der Waals surface area contributed by atoms with Gasteiger partial charge in [-0.05, 0) is 30.6 Å². The molecule has 100 valence electrons. The number of carbonyl (C=O) groups excluding carboxylic acids is 1. The lowest BCUT2D eigenvalue weighted by Gasteiger charge is -2.25. The van der Waals surface area contributed by atoms with Crippen LogP contribution in [0.1, 0.15) is 19.3 Å². The normalized spacial score (nSPS) is 38.3. The van der Waals surface area contributed by atoms with Crippen LogP contribution < -0.4 is 0 Å². The molecule has 1 amide bonds. The summed E-state index contributed by atoms with van der Waals surface area (Å²) in [4.78, 5) is 24.8. The number of amides is 1. The van der Waals surface area contributed by atoms with Gasteiger partial charge in [0.15, 0.2) is 0 Å². The smallest absolute Gasteiger partial charge is 0.307 e. The molecule has 0 spiro atoms. The SMILES string of the molecule is O=C(O)C1[C@H]2CN(C(=O)CC3CCCOC3)C[C@@H]12. The summed E-state index contributed by atoms with van der Waals surface area (Å²) in [6.07, 6.45) is 2.69. The van der Waals surface area contributed by atoms with Gasteiger partial charge in [0, 0.05) is 32.7 Å². The van der Waals surface area contributed by atoms with E-state index in [4.69, 9.17) is 9.84 Å². The van der Waals surface area contributed by atoms with Gasteiger partial charge >= 0.3 is 5.97 Å². The van der Waals surface area contributed by atoms with Crippen LogP contribution in [0.4, 0.5) is 0 Å².